The summed E-state index contributed by atoms with van der Waals surface area (Å²) >= 11 is 8.51. The highest BCUT2D eigenvalue weighted by molar-refractivity contribution is 9.10. The van der Waals surface area contributed by atoms with Gasteiger partial charge in [-0.05, 0) is 64.4 Å². The van der Waals surface area contributed by atoms with Gasteiger partial charge in [0.15, 0.2) is 5.11 Å². The van der Waals surface area contributed by atoms with E-state index in [2.05, 4.69) is 40.4 Å². The Kier molecular flexibility index (Phi) is 7.26. The fourth-order valence-corrected chi connectivity index (χ4v) is 2.72. The van der Waals surface area contributed by atoms with Gasteiger partial charge >= 0.3 is 0 Å². The van der Waals surface area contributed by atoms with Crippen molar-refractivity contribution in [3.05, 3.63) is 62.6 Å². The molecule has 0 saturated heterocycles. The summed E-state index contributed by atoms with van der Waals surface area (Å²) in [6, 6.07) is 10.7. The van der Waals surface area contributed by atoms with Gasteiger partial charge in [-0.15, -0.1) is 0 Å². The Morgan fingerprint density at radius 2 is 1.93 bits per heavy atom. The zero-order valence-electron chi connectivity index (χ0n) is 14.7. The summed E-state index contributed by atoms with van der Waals surface area (Å²) in [7, 11) is 0. The smallest absolute Gasteiger partial charge is 0.269 e. The van der Waals surface area contributed by atoms with Gasteiger partial charge in [-0.2, -0.15) is 0 Å². The largest absolute Gasteiger partial charge is 0.492 e. The highest BCUT2D eigenvalue weighted by Gasteiger charge is 2.12. The van der Waals surface area contributed by atoms with Crippen LogP contribution in [-0.4, -0.2) is 22.5 Å². The number of benzene rings is 2. The van der Waals surface area contributed by atoms with E-state index in [1.54, 1.807) is 18.2 Å². The van der Waals surface area contributed by atoms with Crippen molar-refractivity contribution in [3.8, 4) is 5.75 Å². The van der Waals surface area contributed by atoms with Crippen LogP contribution >= 0.6 is 28.1 Å². The van der Waals surface area contributed by atoms with Crippen molar-refractivity contribution in [3.63, 3.8) is 0 Å². The van der Waals surface area contributed by atoms with Gasteiger partial charge in [0.05, 0.1) is 16.0 Å². The SMILES string of the molecule is CC(C)COc1ccc(C(=O)NC(=S)Nc2ccc([N+](=O)[O-])cc2)cc1Br. The number of carbonyl (C=O) groups excluding carboxylic acids is 1. The molecule has 0 fully saturated rings. The average molecular weight is 452 g/mol. The van der Waals surface area contributed by atoms with Crippen LogP contribution in [0, 0.1) is 16.0 Å². The Hall–Kier alpha value is -2.52. The Morgan fingerprint density at radius 1 is 1.26 bits per heavy atom. The van der Waals surface area contributed by atoms with Crippen molar-refractivity contribution >= 4 is 50.5 Å². The van der Waals surface area contributed by atoms with Gasteiger partial charge in [0.25, 0.3) is 11.6 Å². The van der Waals surface area contributed by atoms with Gasteiger partial charge in [0, 0.05) is 23.4 Å². The number of thiocarbonyl (C=S) groups is 1. The van der Waals surface area contributed by atoms with Crippen molar-refractivity contribution in [2.24, 2.45) is 5.92 Å². The van der Waals surface area contributed by atoms with Gasteiger partial charge in [-0.1, -0.05) is 13.8 Å². The van der Waals surface area contributed by atoms with Crippen molar-refractivity contribution in [2.45, 2.75) is 13.8 Å². The molecule has 1 amide bonds. The molecule has 0 atom stereocenters. The highest BCUT2D eigenvalue weighted by atomic mass is 79.9. The number of carbonyl (C=O) groups is 1. The summed E-state index contributed by atoms with van der Waals surface area (Å²) in [6.45, 7) is 4.68. The minimum absolute atomic E-state index is 0.0277. The van der Waals surface area contributed by atoms with E-state index < -0.39 is 4.92 Å². The molecular formula is C18H18BrN3O4S. The number of hydrogen-bond acceptors (Lipinski definition) is 5. The molecule has 0 spiro atoms. The zero-order chi connectivity index (χ0) is 20.0. The number of anilines is 1. The van der Waals surface area contributed by atoms with Crippen LogP contribution in [0.15, 0.2) is 46.9 Å². The second-order valence-corrected chi connectivity index (χ2v) is 7.32. The molecule has 2 rings (SSSR count). The third-order valence-electron chi connectivity index (χ3n) is 3.33. The van der Waals surface area contributed by atoms with Crippen LogP contribution < -0.4 is 15.4 Å². The number of ether oxygens (including phenoxy) is 1. The van der Waals surface area contributed by atoms with Crippen LogP contribution in [0.2, 0.25) is 0 Å². The first kappa shape index (κ1) is 20.8. The quantitative estimate of drug-likeness (QED) is 0.380. The molecule has 0 saturated carbocycles. The lowest BCUT2D eigenvalue weighted by Gasteiger charge is -2.12. The van der Waals surface area contributed by atoms with Crippen LogP contribution in [0.4, 0.5) is 11.4 Å². The molecule has 0 aromatic heterocycles. The summed E-state index contributed by atoms with van der Waals surface area (Å²) in [4.78, 5) is 22.5. The normalized spacial score (nSPS) is 10.4. The number of halogens is 1. The van der Waals surface area contributed by atoms with E-state index in [4.69, 9.17) is 17.0 Å². The molecule has 2 aromatic rings. The van der Waals surface area contributed by atoms with E-state index >= 15 is 0 Å². The van der Waals surface area contributed by atoms with E-state index in [9.17, 15) is 14.9 Å². The van der Waals surface area contributed by atoms with Crippen molar-refractivity contribution < 1.29 is 14.5 Å². The van der Waals surface area contributed by atoms with Gasteiger partial charge in [-0.3, -0.25) is 20.2 Å². The molecule has 0 aliphatic carbocycles. The maximum Gasteiger partial charge on any atom is 0.269 e. The number of nitro groups is 1. The van der Waals surface area contributed by atoms with E-state index in [1.807, 2.05) is 0 Å². The van der Waals surface area contributed by atoms with Gasteiger partial charge in [0.1, 0.15) is 5.75 Å². The minimum atomic E-state index is -0.490. The maximum atomic E-state index is 12.3. The van der Waals surface area contributed by atoms with Crippen LogP contribution in [-0.2, 0) is 0 Å². The molecule has 27 heavy (non-hydrogen) atoms. The van der Waals surface area contributed by atoms with Crippen molar-refractivity contribution in [2.75, 3.05) is 11.9 Å². The van der Waals surface area contributed by atoms with E-state index in [1.165, 1.54) is 24.3 Å². The minimum Gasteiger partial charge on any atom is -0.492 e. The average Bonchev–Trinajstić information content (AvgIpc) is 2.60. The summed E-state index contributed by atoms with van der Waals surface area (Å²) in [5, 5.41) is 16.1. The summed E-state index contributed by atoms with van der Waals surface area (Å²) in [5.41, 5.74) is 0.913. The van der Waals surface area contributed by atoms with E-state index in [0.29, 0.717) is 34.0 Å². The monoisotopic (exact) mass is 451 g/mol. The molecule has 0 radical (unpaired) electrons. The second kappa shape index (κ2) is 9.43. The molecule has 0 aliphatic heterocycles. The van der Waals surface area contributed by atoms with Crippen LogP contribution in [0.5, 0.6) is 5.75 Å². The number of nitrogens with zero attached hydrogens (tertiary/aromatic N) is 1. The lowest BCUT2D eigenvalue weighted by Crippen LogP contribution is -2.34. The van der Waals surface area contributed by atoms with Crippen molar-refractivity contribution in [1.82, 2.24) is 5.32 Å². The highest BCUT2D eigenvalue weighted by Crippen LogP contribution is 2.26. The lowest BCUT2D eigenvalue weighted by atomic mass is 10.2. The second-order valence-electron chi connectivity index (χ2n) is 6.06. The van der Waals surface area contributed by atoms with E-state index in [0.717, 1.165) is 0 Å². The third-order valence-corrected chi connectivity index (χ3v) is 4.15. The fourth-order valence-electron chi connectivity index (χ4n) is 2.02. The predicted octanol–water partition coefficient (Wildman–Crippen LogP) is 4.52. The summed E-state index contributed by atoms with van der Waals surface area (Å²) < 4.78 is 6.33. The fraction of sp³-hybridized carbons (Fsp3) is 0.222. The molecule has 0 unspecified atom stereocenters. The maximum absolute atomic E-state index is 12.3. The number of amides is 1. The van der Waals surface area contributed by atoms with Gasteiger partial charge in [-0.25, -0.2) is 0 Å². The molecule has 0 aliphatic rings. The molecule has 2 aromatic carbocycles. The summed E-state index contributed by atoms with van der Waals surface area (Å²) in [5.74, 6) is 0.667. The van der Waals surface area contributed by atoms with Crippen LogP contribution in [0.25, 0.3) is 0 Å². The molecule has 142 valence electrons. The first-order valence-electron chi connectivity index (χ1n) is 8.05. The number of rotatable bonds is 6. The number of hydrogen-bond donors (Lipinski definition) is 2. The standard InChI is InChI=1S/C18H18BrN3O4S/c1-11(2)10-26-16-8-3-12(9-15(16)19)17(23)21-18(27)20-13-4-6-14(7-5-13)22(24)25/h3-9,11H,10H2,1-2H3,(H2,20,21,23,27). The summed E-state index contributed by atoms with van der Waals surface area (Å²) in [6.07, 6.45) is 0. The molecule has 7 nitrogen and oxygen atoms in total. The lowest BCUT2D eigenvalue weighted by molar-refractivity contribution is -0.384. The number of nitrogens with one attached hydrogen (secondary N) is 2. The van der Waals surface area contributed by atoms with Crippen LogP contribution in [0.1, 0.15) is 24.2 Å². The first-order valence-corrected chi connectivity index (χ1v) is 9.25. The van der Waals surface area contributed by atoms with Gasteiger partial charge < -0.3 is 10.1 Å². The Balaban J connectivity index is 1.96. The topological polar surface area (TPSA) is 93.5 Å². The first-order chi connectivity index (χ1) is 12.8. The Bertz CT molecular complexity index is 856. The third kappa shape index (κ3) is 6.30. The number of nitro benzene ring substituents is 1. The predicted molar refractivity (Wildman–Crippen MR) is 111 cm³/mol. The Labute approximate surface area is 170 Å². The Morgan fingerprint density at radius 3 is 2.48 bits per heavy atom. The number of non-ortho nitro benzene ring substituents is 1. The molecule has 0 heterocycles. The zero-order valence-corrected chi connectivity index (χ0v) is 17.1. The molecule has 9 heteroatoms. The van der Waals surface area contributed by atoms with Gasteiger partial charge in [0.2, 0.25) is 0 Å². The van der Waals surface area contributed by atoms with E-state index in [-0.39, 0.29) is 16.7 Å². The molecule has 0 bridgehead atoms. The van der Waals surface area contributed by atoms with Crippen molar-refractivity contribution in [1.29, 1.82) is 0 Å². The molecular weight excluding hydrogens is 434 g/mol. The molecule has 2 N–H and O–H groups in total. The van der Waals surface area contributed by atoms with Crippen LogP contribution in [0.3, 0.4) is 0 Å².